The van der Waals surface area contributed by atoms with Gasteiger partial charge >= 0.3 is 214 Å². The molecule has 2 aliphatic rings. The Labute approximate surface area is 212 Å². The number of hydrogen-bond acceptors (Lipinski definition) is 3. The molecular formula is C29H36O3SiZr. The standard InChI is InChI=1S/C18H17O3.C9H13.C2H6Si.Zr/c1-19-13-10-16(20-2)18(17(11-13)21-3)15-9-8-12-6-4-5-7-14(12)15;1-6-5-7(2)9(4)8(6)3;1-3-2;/h4-11H,1-3H3;6H,1-4H3;1-2H3;. The van der Waals surface area contributed by atoms with Crippen LogP contribution in [0, 0.1) is 5.92 Å². The van der Waals surface area contributed by atoms with E-state index < -0.39 is 25.8 Å². The van der Waals surface area contributed by atoms with Gasteiger partial charge in [0.1, 0.15) is 0 Å². The van der Waals surface area contributed by atoms with Gasteiger partial charge in [-0.1, -0.05) is 0 Å². The minimum atomic E-state index is -2.07. The summed E-state index contributed by atoms with van der Waals surface area (Å²) in [5.41, 5.74) is 9.31. The van der Waals surface area contributed by atoms with Crippen LogP contribution in [0.1, 0.15) is 48.0 Å². The minimum absolute atomic E-state index is 0.453. The molecule has 0 fully saturated rings. The van der Waals surface area contributed by atoms with Crippen LogP contribution >= 0.6 is 0 Å². The van der Waals surface area contributed by atoms with Gasteiger partial charge in [0, 0.05) is 0 Å². The fraction of sp³-hybridized carbons (Fsp3) is 0.379. The Morgan fingerprint density at radius 1 is 0.853 bits per heavy atom. The van der Waals surface area contributed by atoms with E-state index in [1.807, 2.05) is 15.4 Å². The van der Waals surface area contributed by atoms with Gasteiger partial charge in [0.25, 0.3) is 0 Å². The average Bonchev–Trinajstić information content (AvgIpc) is 3.30. The molecule has 0 bridgehead atoms. The van der Waals surface area contributed by atoms with Crippen LogP contribution in [0.15, 0.2) is 62.5 Å². The Morgan fingerprint density at radius 2 is 1.47 bits per heavy atom. The predicted octanol–water partition coefficient (Wildman–Crippen LogP) is 7.33. The zero-order chi connectivity index (χ0) is 24.7. The second-order valence-electron chi connectivity index (χ2n) is 9.53. The van der Waals surface area contributed by atoms with Gasteiger partial charge in [-0.15, -0.1) is 0 Å². The zero-order valence-electron chi connectivity index (χ0n) is 21.9. The normalized spacial score (nSPS) is 19.3. The molecule has 0 heterocycles. The van der Waals surface area contributed by atoms with Gasteiger partial charge in [0.15, 0.2) is 0 Å². The Balaban J connectivity index is 1.97. The van der Waals surface area contributed by atoms with Crippen LogP contribution < -0.4 is 14.2 Å². The summed E-state index contributed by atoms with van der Waals surface area (Å²) in [6, 6.07) is 12.9. The van der Waals surface area contributed by atoms with E-state index in [2.05, 4.69) is 71.1 Å². The summed E-state index contributed by atoms with van der Waals surface area (Å²) in [5, 5.41) is 0. The van der Waals surface area contributed by atoms with Crippen molar-refractivity contribution in [2.24, 2.45) is 5.92 Å². The van der Waals surface area contributed by atoms with Crippen molar-refractivity contribution in [3.05, 3.63) is 79.2 Å². The van der Waals surface area contributed by atoms with Crippen LogP contribution in [0.3, 0.4) is 0 Å². The number of hydrogen-bond donors (Lipinski definition) is 0. The molecule has 0 aromatic heterocycles. The summed E-state index contributed by atoms with van der Waals surface area (Å²) in [6.45, 7) is 14.6. The molecular weight excluding hydrogens is 516 g/mol. The summed E-state index contributed by atoms with van der Waals surface area (Å²) < 4.78 is 19.6. The maximum atomic E-state index is 5.87. The van der Waals surface area contributed by atoms with Gasteiger partial charge < -0.3 is 0 Å². The number of rotatable bonds is 6. The molecule has 0 saturated carbocycles. The van der Waals surface area contributed by atoms with Crippen LogP contribution in [-0.4, -0.2) is 26.8 Å². The number of allylic oxidation sites excluding steroid dienone is 5. The van der Waals surface area contributed by atoms with E-state index in [1.54, 1.807) is 32.5 Å². The third kappa shape index (κ3) is 4.09. The van der Waals surface area contributed by atoms with Crippen LogP contribution in [0.25, 0.3) is 5.57 Å². The Hall–Kier alpha value is -1.84. The number of benzene rings is 2. The predicted molar refractivity (Wildman–Crippen MR) is 140 cm³/mol. The SMILES string of the molecule is COc1cc(OC)c(C2=C[CH]([Zr]([C]3=C(C)C(C)=C(C)C3C)=[Si](C)C)c3ccccc32)c(OC)c1. The van der Waals surface area contributed by atoms with Gasteiger partial charge in [-0.3, -0.25) is 0 Å². The van der Waals surface area contributed by atoms with Crippen LogP contribution in [0.4, 0.5) is 0 Å². The van der Waals surface area contributed by atoms with Crippen molar-refractivity contribution in [2.75, 3.05) is 21.3 Å². The molecule has 5 heteroatoms. The van der Waals surface area contributed by atoms with Crippen molar-refractivity contribution in [1.29, 1.82) is 0 Å². The van der Waals surface area contributed by atoms with Gasteiger partial charge in [0.2, 0.25) is 0 Å². The first kappa shape index (κ1) is 25.3. The first-order valence-electron chi connectivity index (χ1n) is 11.9. The van der Waals surface area contributed by atoms with Gasteiger partial charge in [0.05, 0.1) is 0 Å². The number of ether oxygens (including phenoxy) is 3. The van der Waals surface area contributed by atoms with E-state index in [1.165, 1.54) is 22.3 Å². The molecule has 0 amide bonds. The number of methoxy groups -OCH3 is 3. The molecule has 34 heavy (non-hydrogen) atoms. The summed E-state index contributed by atoms with van der Waals surface area (Å²) in [4.78, 5) is 0. The third-order valence-corrected chi connectivity index (χ3v) is 26.3. The van der Waals surface area contributed by atoms with Crippen molar-refractivity contribution >= 4 is 11.0 Å². The maximum absolute atomic E-state index is 5.87. The van der Waals surface area contributed by atoms with Crippen molar-refractivity contribution in [3.8, 4) is 17.2 Å². The van der Waals surface area contributed by atoms with Crippen molar-refractivity contribution in [2.45, 2.75) is 44.4 Å². The second kappa shape index (κ2) is 10.0. The molecule has 2 aromatic carbocycles. The molecule has 178 valence electrons. The zero-order valence-corrected chi connectivity index (χ0v) is 25.4. The van der Waals surface area contributed by atoms with Crippen molar-refractivity contribution in [1.82, 2.24) is 0 Å². The van der Waals surface area contributed by atoms with Gasteiger partial charge in [-0.25, -0.2) is 0 Å². The summed E-state index contributed by atoms with van der Waals surface area (Å²) >= 11 is -2.07. The quantitative estimate of drug-likeness (QED) is 0.352. The van der Waals surface area contributed by atoms with E-state index >= 15 is 0 Å². The van der Waals surface area contributed by atoms with E-state index in [0.29, 0.717) is 9.54 Å². The topological polar surface area (TPSA) is 27.7 Å². The molecule has 3 nitrogen and oxygen atoms in total. The summed E-state index contributed by atoms with van der Waals surface area (Å²) in [7, 11) is 5.13. The molecule has 4 rings (SSSR count). The molecule has 0 saturated heterocycles. The Bertz CT molecular complexity index is 1250. The average molecular weight is 552 g/mol. The Kier molecular flexibility index (Phi) is 7.45. The van der Waals surface area contributed by atoms with Crippen molar-refractivity contribution in [3.63, 3.8) is 0 Å². The van der Waals surface area contributed by atoms with E-state index in [4.69, 9.17) is 14.2 Å². The van der Waals surface area contributed by atoms with E-state index in [9.17, 15) is 0 Å². The van der Waals surface area contributed by atoms with Crippen molar-refractivity contribution < 1.29 is 34.6 Å². The van der Waals surface area contributed by atoms with E-state index in [-0.39, 0.29) is 0 Å². The fourth-order valence-corrected chi connectivity index (χ4v) is 25.3. The molecule has 2 atom stereocenters. The first-order valence-corrected chi connectivity index (χ1v) is 20.8. The molecule has 0 radical (unpaired) electrons. The van der Waals surface area contributed by atoms with Crippen LogP contribution in [-0.2, 0) is 20.4 Å². The summed E-state index contributed by atoms with van der Waals surface area (Å²) in [5.74, 6) is 2.91. The fourth-order valence-electron chi connectivity index (χ4n) is 5.63. The van der Waals surface area contributed by atoms with Gasteiger partial charge in [-0.05, 0) is 0 Å². The Morgan fingerprint density at radius 3 is 1.97 bits per heavy atom. The monoisotopic (exact) mass is 550 g/mol. The molecule has 2 aromatic rings. The molecule has 2 aliphatic carbocycles. The second-order valence-corrected chi connectivity index (χ2v) is 27.0. The van der Waals surface area contributed by atoms with Crippen LogP contribution in [0.2, 0.25) is 13.1 Å². The molecule has 0 N–H and O–H groups in total. The first-order chi connectivity index (χ1) is 16.2. The molecule has 0 spiro atoms. The molecule has 2 unspecified atom stereocenters. The van der Waals surface area contributed by atoms with E-state index in [0.717, 1.165) is 22.8 Å². The number of fused-ring (bicyclic) bond motifs is 1. The molecule has 0 aliphatic heterocycles. The summed E-state index contributed by atoms with van der Waals surface area (Å²) in [6.07, 6.45) is 2.57. The van der Waals surface area contributed by atoms with Gasteiger partial charge in [-0.2, -0.15) is 0 Å². The van der Waals surface area contributed by atoms with Crippen LogP contribution in [0.5, 0.6) is 17.2 Å². The third-order valence-electron chi connectivity index (χ3n) is 7.68.